The van der Waals surface area contributed by atoms with E-state index < -0.39 is 0 Å². The number of para-hydroxylation sites is 1. The lowest BCUT2D eigenvalue weighted by atomic mass is 10.3. The Hall–Kier alpha value is -1.10. The first-order chi connectivity index (χ1) is 5.70. The Morgan fingerprint density at radius 3 is 2.75 bits per heavy atom. The van der Waals surface area contributed by atoms with Crippen LogP contribution in [0.2, 0.25) is 0 Å². The van der Waals surface area contributed by atoms with Crippen molar-refractivity contribution in [3.8, 4) is 0 Å². The van der Waals surface area contributed by atoms with Gasteiger partial charge in [-0.2, -0.15) is 4.86 Å². The minimum absolute atomic E-state index is 0.458. The largest absolute Gasteiger partial charge is 0.696 e. The molecule has 1 N–H and O–H groups in total. The second kappa shape index (κ2) is 4.06. The number of anilines is 1. The van der Waals surface area contributed by atoms with Crippen molar-refractivity contribution in [3.05, 3.63) is 33.9 Å². The lowest BCUT2D eigenvalue weighted by molar-refractivity contribution is -0.497. The van der Waals surface area contributed by atoms with Gasteiger partial charge in [-0.1, -0.05) is 12.1 Å². The van der Waals surface area contributed by atoms with Gasteiger partial charge in [0.1, 0.15) is 7.05 Å². The second-order valence-electron chi connectivity index (χ2n) is 2.16. The van der Waals surface area contributed by atoms with Gasteiger partial charge in [0.05, 0.1) is 9.70 Å². The molecule has 0 unspecified atom stereocenters. The standard InChI is InChI=1S/C7H8BrN3O/c1-11(12)10-9-7-5-3-2-4-6(7)8/h2-5,9H,1H3/b11-10-. The molecule has 0 aliphatic rings. The molecule has 12 heavy (non-hydrogen) atoms. The van der Waals surface area contributed by atoms with Gasteiger partial charge in [-0.25, -0.2) is 0 Å². The maximum absolute atomic E-state index is 10.4. The number of rotatable bonds is 2. The van der Waals surface area contributed by atoms with Crippen LogP contribution < -0.4 is 5.43 Å². The van der Waals surface area contributed by atoms with Crippen LogP contribution in [-0.2, 0) is 0 Å². The van der Waals surface area contributed by atoms with Gasteiger partial charge in [0.25, 0.3) is 0 Å². The highest BCUT2D eigenvalue weighted by Gasteiger charge is 1.99. The smallest absolute Gasteiger partial charge is 0.161 e. The van der Waals surface area contributed by atoms with E-state index >= 15 is 0 Å². The monoisotopic (exact) mass is 229 g/mol. The fourth-order valence-electron chi connectivity index (χ4n) is 0.676. The third-order valence-electron chi connectivity index (χ3n) is 1.19. The number of hydrogen-bond acceptors (Lipinski definition) is 2. The highest BCUT2D eigenvalue weighted by molar-refractivity contribution is 9.10. The van der Waals surface area contributed by atoms with E-state index in [0.717, 1.165) is 10.2 Å². The SMILES string of the molecule is C/[N+]([O-])=N/Nc1ccccc1Br. The molecule has 1 rings (SSSR count). The van der Waals surface area contributed by atoms with Crippen molar-refractivity contribution in [1.29, 1.82) is 0 Å². The highest BCUT2D eigenvalue weighted by Crippen LogP contribution is 2.20. The Kier molecular flexibility index (Phi) is 3.04. The molecular formula is C7H8BrN3O. The molecule has 0 spiro atoms. The molecule has 5 heteroatoms. The molecule has 64 valence electrons. The third-order valence-corrected chi connectivity index (χ3v) is 1.88. The minimum Gasteiger partial charge on any atom is -0.696 e. The molecule has 0 fully saturated rings. The van der Waals surface area contributed by atoms with Crippen LogP contribution in [0.4, 0.5) is 5.69 Å². The molecule has 0 bridgehead atoms. The van der Waals surface area contributed by atoms with Gasteiger partial charge in [-0.3, -0.25) is 0 Å². The quantitative estimate of drug-likeness (QED) is 0.481. The van der Waals surface area contributed by atoms with E-state index in [-0.39, 0.29) is 0 Å². The van der Waals surface area contributed by atoms with Crippen LogP contribution >= 0.6 is 15.9 Å². The molecule has 0 saturated carbocycles. The zero-order chi connectivity index (χ0) is 8.97. The van der Waals surface area contributed by atoms with Crippen LogP contribution in [0.1, 0.15) is 0 Å². The summed E-state index contributed by atoms with van der Waals surface area (Å²) in [5.41, 5.74) is 3.37. The number of benzene rings is 1. The maximum atomic E-state index is 10.4. The molecule has 0 saturated heterocycles. The first-order valence-corrected chi connectivity index (χ1v) is 4.11. The topological polar surface area (TPSA) is 50.5 Å². The molecule has 0 atom stereocenters. The summed E-state index contributed by atoms with van der Waals surface area (Å²) in [5.74, 6) is 0. The first kappa shape index (κ1) is 8.99. The zero-order valence-corrected chi connectivity index (χ0v) is 8.08. The zero-order valence-electron chi connectivity index (χ0n) is 6.49. The Bertz CT molecular complexity index is 296. The van der Waals surface area contributed by atoms with E-state index in [1.807, 2.05) is 24.3 Å². The molecule has 1 aromatic rings. The number of halogens is 1. The number of nitrogens with one attached hydrogen (secondary N) is 1. The summed E-state index contributed by atoms with van der Waals surface area (Å²) in [6, 6.07) is 7.42. The summed E-state index contributed by atoms with van der Waals surface area (Å²) in [6.45, 7) is 0. The third kappa shape index (κ3) is 2.50. The van der Waals surface area contributed by atoms with Crippen molar-refractivity contribution in [2.24, 2.45) is 5.22 Å². The number of hydroxylamine groups is 1. The number of nitrogens with zero attached hydrogens (tertiary/aromatic N) is 2. The lowest BCUT2D eigenvalue weighted by Crippen LogP contribution is -1.96. The summed E-state index contributed by atoms with van der Waals surface area (Å²) < 4.78 is 0.871. The van der Waals surface area contributed by atoms with Gasteiger partial charge in [0.15, 0.2) is 5.69 Å². The van der Waals surface area contributed by atoms with E-state index in [4.69, 9.17) is 0 Å². The van der Waals surface area contributed by atoms with Gasteiger partial charge in [0.2, 0.25) is 0 Å². The highest BCUT2D eigenvalue weighted by atomic mass is 79.9. The summed E-state index contributed by atoms with van der Waals surface area (Å²) in [4.78, 5) is 0.458. The predicted molar refractivity (Wildman–Crippen MR) is 49.7 cm³/mol. The molecule has 0 aliphatic carbocycles. The van der Waals surface area contributed by atoms with Crippen LogP contribution in [-0.4, -0.2) is 11.9 Å². The minimum atomic E-state index is 0.458. The fourth-order valence-corrected chi connectivity index (χ4v) is 1.05. The summed E-state index contributed by atoms with van der Waals surface area (Å²) in [5, 5.41) is 13.9. The van der Waals surface area contributed by atoms with Crippen molar-refractivity contribution < 1.29 is 4.86 Å². The Balaban J connectivity index is 2.76. The van der Waals surface area contributed by atoms with Crippen LogP contribution in [0.15, 0.2) is 34.0 Å². The molecule has 1 aromatic carbocycles. The van der Waals surface area contributed by atoms with Crippen LogP contribution in [0.5, 0.6) is 0 Å². The maximum Gasteiger partial charge on any atom is 0.161 e. The van der Waals surface area contributed by atoms with E-state index in [9.17, 15) is 5.21 Å². The average Bonchev–Trinajstić information content (AvgIpc) is 2.03. The van der Waals surface area contributed by atoms with E-state index in [1.54, 1.807) is 0 Å². The second-order valence-corrected chi connectivity index (χ2v) is 3.01. The molecule has 0 radical (unpaired) electrons. The normalized spacial score (nSPS) is 11.3. The molecule has 0 aromatic heterocycles. The van der Waals surface area contributed by atoms with Gasteiger partial charge < -0.3 is 5.21 Å². The predicted octanol–water partition coefficient (Wildman–Crippen LogP) is 2.37. The van der Waals surface area contributed by atoms with Crippen molar-refractivity contribution in [3.63, 3.8) is 0 Å². The number of hydrogen-bond donors (Lipinski definition) is 1. The molecule has 0 aliphatic heterocycles. The Labute approximate surface area is 78.6 Å². The first-order valence-electron chi connectivity index (χ1n) is 3.32. The summed E-state index contributed by atoms with van der Waals surface area (Å²) in [6.07, 6.45) is 0. The van der Waals surface area contributed by atoms with Crippen LogP contribution in [0.25, 0.3) is 0 Å². The van der Waals surface area contributed by atoms with Crippen molar-refractivity contribution in [1.82, 2.24) is 0 Å². The van der Waals surface area contributed by atoms with Gasteiger partial charge >= 0.3 is 0 Å². The van der Waals surface area contributed by atoms with Crippen molar-refractivity contribution >= 4 is 21.6 Å². The average molecular weight is 230 g/mol. The molecule has 0 amide bonds. The summed E-state index contributed by atoms with van der Waals surface area (Å²) in [7, 11) is 1.31. The van der Waals surface area contributed by atoms with E-state index in [2.05, 4.69) is 26.6 Å². The molecule has 0 heterocycles. The van der Waals surface area contributed by atoms with Crippen molar-refractivity contribution in [2.75, 3.05) is 12.5 Å². The van der Waals surface area contributed by atoms with E-state index in [1.165, 1.54) is 7.05 Å². The van der Waals surface area contributed by atoms with Gasteiger partial charge in [-0.05, 0) is 28.1 Å². The molecular weight excluding hydrogens is 222 g/mol. The fraction of sp³-hybridized carbons (Fsp3) is 0.143. The lowest BCUT2D eigenvalue weighted by Gasteiger charge is -1.98. The summed E-state index contributed by atoms with van der Waals surface area (Å²) >= 11 is 3.30. The van der Waals surface area contributed by atoms with Crippen molar-refractivity contribution in [2.45, 2.75) is 0 Å². The Morgan fingerprint density at radius 1 is 1.50 bits per heavy atom. The Morgan fingerprint density at radius 2 is 2.17 bits per heavy atom. The molecule has 4 nitrogen and oxygen atoms in total. The van der Waals surface area contributed by atoms with E-state index in [0.29, 0.717) is 4.86 Å². The van der Waals surface area contributed by atoms with Gasteiger partial charge in [0, 0.05) is 0 Å². The van der Waals surface area contributed by atoms with Gasteiger partial charge in [-0.15, -0.1) is 5.43 Å². The van der Waals surface area contributed by atoms with Crippen LogP contribution in [0, 0.1) is 5.21 Å². The van der Waals surface area contributed by atoms with Crippen LogP contribution in [0.3, 0.4) is 0 Å².